The Morgan fingerprint density at radius 1 is 0.806 bits per heavy atom. The van der Waals surface area contributed by atoms with Crippen molar-refractivity contribution in [3.05, 3.63) is 89.0 Å². The molecule has 1 fully saturated rings. The van der Waals surface area contributed by atoms with Gasteiger partial charge in [0.1, 0.15) is 5.78 Å². The first-order valence-electron chi connectivity index (χ1n) is 10.9. The van der Waals surface area contributed by atoms with E-state index in [9.17, 15) is 9.59 Å². The van der Waals surface area contributed by atoms with E-state index in [0.29, 0.717) is 17.6 Å². The third kappa shape index (κ3) is 2.62. The first kappa shape index (κ1) is 18.4. The molecule has 0 aromatic heterocycles. The van der Waals surface area contributed by atoms with Gasteiger partial charge in [-0.15, -0.1) is 0 Å². The van der Waals surface area contributed by atoms with Crippen molar-refractivity contribution >= 4 is 33.7 Å². The number of allylic oxidation sites excluding steroid dienone is 1. The van der Waals surface area contributed by atoms with Gasteiger partial charge in [0.25, 0.3) is 0 Å². The number of hydrogen-bond donors (Lipinski definition) is 0. The summed E-state index contributed by atoms with van der Waals surface area (Å²) in [5, 5.41) is 2.22. The van der Waals surface area contributed by atoms with E-state index in [1.165, 1.54) is 0 Å². The van der Waals surface area contributed by atoms with Gasteiger partial charge >= 0.3 is 0 Å². The minimum Gasteiger partial charge on any atom is -0.299 e. The molecule has 1 unspecified atom stereocenters. The molecule has 3 aromatic carbocycles. The molecule has 152 valence electrons. The van der Waals surface area contributed by atoms with E-state index >= 15 is 0 Å². The average molecular weight is 405 g/mol. The van der Waals surface area contributed by atoms with Gasteiger partial charge in [0, 0.05) is 34.8 Å². The standard InChI is InChI=1S/C28H23NO2/c1-28(2)14-21-24(22(30)15-28)23(18-13-7-9-16-8-3-4-10-17(16)18)25-26(29-21)19-11-5-6-12-20(19)27(25)31/h3-13,23-24H,14-15H2,1-2H3/t23-,24?/m0/s1. The SMILES string of the molecule is CC1(C)CC(=O)C2C(=NC3=C(C(=O)c4ccccc43)[C@H]2c2cccc3ccccc23)C1. The number of nitrogens with zero attached hydrogens (tertiary/aromatic N) is 1. The minimum absolute atomic E-state index is 0.0176. The number of ketones is 2. The predicted molar refractivity (Wildman–Crippen MR) is 123 cm³/mol. The van der Waals surface area contributed by atoms with Crippen molar-refractivity contribution in [2.45, 2.75) is 32.6 Å². The number of carbonyl (C=O) groups is 2. The lowest BCUT2D eigenvalue weighted by molar-refractivity contribution is -0.124. The third-order valence-corrected chi connectivity index (χ3v) is 7.00. The van der Waals surface area contributed by atoms with Crippen molar-refractivity contribution in [1.29, 1.82) is 0 Å². The summed E-state index contributed by atoms with van der Waals surface area (Å²) >= 11 is 0. The fraction of sp³-hybridized carbons (Fsp3) is 0.250. The molecule has 2 atom stereocenters. The van der Waals surface area contributed by atoms with Gasteiger partial charge in [0.15, 0.2) is 5.78 Å². The van der Waals surface area contributed by atoms with Crippen LogP contribution in [0.5, 0.6) is 0 Å². The van der Waals surface area contributed by atoms with Crippen molar-refractivity contribution in [1.82, 2.24) is 0 Å². The van der Waals surface area contributed by atoms with Gasteiger partial charge in [-0.2, -0.15) is 0 Å². The van der Waals surface area contributed by atoms with E-state index < -0.39 is 0 Å². The molecule has 3 aliphatic rings. The lowest BCUT2D eigenvalue weighted by atomic mass is 9.63. The Balaban J connectivity index is 1.65. The molecular weight excluding hydrogens is 382 g/mol. The number of Topliss-reactive ketones (excluding diaryl/α,β-unsaturated/α-hetero) is 2. The van der Waals surface area contributed by atoms with Gasteiger partial charge in [0.2, 0.25) is 0 Å². The second-order valence-corrected chi connectivity index (χ2v) is 9.75. The highest BCUT2D eigenvalue weighted by Crippen LogP contribution is 2.52. The molecule has 1 aliphatic heterocycles. The molecule has 0 amide bonds. The van der Waals surface area contributed by atoms with Gasteiger partial charge in [-0.25, -0.2) is 0 Å². The molecule has 3 nitrogen and oxygen atoms in total. The van der Waals surface area contributed by atoms with Crippen LogP contribution in [0.2, 0.25) is 0 Å². The Hall–Kier alpha value is -3.33. The van der Waals surface area contributed by atoms with Crippen molar-refractivity contribution < 1.29 is 9.59 Å². The zero-order valence-corrected chi connectivity index (χ0v) is 17.7. The number of fused-ring (bicyclic) bond motifs is 4. The summed E-state index contributed by atoms with van der Waals surface area (Å²) in [6.07, 6.45) is 1.29. The molecule has 31 heavy (non-hydrogen) atoms. The van der Waals surface area contributed by atoms with E-state index in [1.54, 1.807) is 0 Å². The predicted octanol–water partition coefficient (Wildman–Crippen LogP) is 5.99. The summed E-state index contributed by atoms with van der Waals surface area (Å²) in [6, 6.07) is 22.2. The topological polar surface area (TPSA) is 46.5 Å². The largest absolute Gasteiger partial charge is 0.299 e. The van der Waals surface area contributed by atoms with Gasteiger partial charge in [-0.1, -0.05) is 80.6 Å². The molecule has 2 aliphatic carbocycles. The molecule has 0 spiro atoms. The first-order chi connectivity index (χ1) is 14.9. The molecular formula is C28H23NO2. The Morgan fingerprint density at radius 3 is 2.35 bits per heavy atom. The van der Waals surface area contributed by atoms with E-state index in [-0.39, 0.29) is 28.8 Å². The number of rotatable bonds is 1. The van der Waals surface area contributed by atoms with Crippen LogP contribution in [0.4, 0.5) is 0 Å². The average Bonchev–Trinajstić information content (AvgIpc) is 3.03. The first-order valence-corrected chi connectivity index (χ1v) is 10.9. The smallest absolute Gasteiger partial charge is 0.192 e. The van der Waals surface area contributed by atoms with Crippen molar-refractivity contribution in [3.8, 4) is 0 Å². The van der Waals surface area contributed by atoms with Gasteiger partial charge in [-0.3, -0.25) is 14.6 Å². The molecule has 1 saturated carbocycles. The highest BCUT2D eigenvalue weighted by molar-refractivity contribution is 6.26. The van der Waals surface area contributed by atoms with Crippen LogP contribution in [0, 0.1) is 11.3 Å². The number of hydrogen-bond acceptors (Lipinski definition) is 3. The Bertz CT molecular complexity index is 1350. The summed E-state index contributed by atoms with van der Waals surface area (Å²) in [4.78, 5) is 32.2. The van der Waals surface area contributed by atoms with Crippen LogP contribution in [0.1, 0.15) is 54.1 Å². The number of benzene rings is 3. The van der Waals surface area contributed by atoms with Crippen molar-refractivity contribution in [2.24, 2.45) is 16.3 Å². The molecule has 0 N–H and O–H groups in total. The van der Waals surface area contributed by atoms with Crippen LogP contribution in [-0.4, -0.2) is 17.3 Å². The summed E-state index contributed by atoms with van der Waals surface area (Å²) in [5.41, 5.74) is 4.94. The molecule has 0 bridgehead atoms. The summed E-state index contributed by atoms with van der Waals surface area (Å²) in [6.45, 7) is 4.27. The maximum absolute atomic E-state index is 13.6. The normalized spacial score (nSPS) is 24.0. The molecule has 3 aromatic rings. The second kappa shape index (κ2) is 6.34. The van der Waals surface area contributed by atoms with Crippen LogP contribution in [0.3, 0.4) is 0 Å². The molecule has 3 heteroatoms. The minimum atomic E-state index is -0.365. The van der Waals surface area contributed by atoms with Crippen LogP contribution >= 0.6 is 0 Å². The van der Waals surface area contributed by atoms with Crippen molar-refractivity contribution in [2.75, 3.05) is 0 Å². The van der Waals surface area contributed by atoms with Gasteiger partial charge in [0.05, 0.1) is 11.6 Å². The van der Waals surface area contributed by atoms with E-state index in [0.717, 1.165) is 39.7 Å². The van der Waals surface area contributed by atoms with Crippen LogP contribution < -0.4 is 0 Å². The van der Waals surface area contributed by atoms with E-state index in [2.05, 4.69) is 38.1 Å². The third-order valence-electron chi connectivity index (χ3n) is 7.00. The maximum atomic E-state index is 13.6. The van der Waals surface area contributed by atoms with E-state index in [4.69, 9.17) is 4.99 Å². The number of carbonyl (C=O) groups excluding carboxylic acids is 2. The summed E-state index contributed by atoms with van der Waals surface area (Å²) in [7, 11) is 0. The quantitative estimate of drug-likeness (QED) is 0.499. The van der Waals surface area contributed by atoms with Crippen LogP contribution in [-0.2, 0) is 4.79 Å². The number of aliphatic imine (C=N–C) groups is 1. The summed E-state index contributed by atoms with van der Waals surface area (Å²) in [5.74, 6) is -0.444. The zero-order valence-electron chi connectivity index (χ0n) is 17.7. The Morgan fingerprint density at radius 2 is 1.52 bits per heavy atom. The zero-order chi connectivity index (χ0) is 21.3. The van der Waals surface area contributed by atoms with Crippen molar-refractivity contribution in [3.63, 3.8) is 0 Å². The fourth-order valence-electron chi connectivity index (χ4n) is 5.78. The van der Waals surface area contributed by atoms with E-state index in [1.807, 2.05) is 42.5 Å². The second-order valence-electron chi connectivity index (χ2n) is 9.75. The summed E-state index contributed by atoms with van der Waals surface area (Å²) < 4.78 is 0. The van der Waals surface area contributed by atoms with Crippen LogP contribution in [0.25, 0.3) is 16.5 Å². The lowest BCUT2D eigenvalue weighted by Gasteiger charge is -2.41. The maximum Gasteiger partial charge on any atom is 0.192 e. The molecule has 0 saturated heterocycles. The van der Waals surface area contributed by atoms with Crippen LogP contribution in [0.15, 0.2) is 77.3 Å². The highest BCUT2D eigenvalue weighted by atomic mass is 16.1. The highest BCUT2D eigenvalue weighted by Gasteiger charge is 2.50. The monoisotopic (exact) mass is 405 g/mol. The molecule has 1 heterocycles. The molecule has 0 radical (unpaired) electrons. The Kier molecular flexibility index (Phi) is 3.77. The lowest BCUT2D eigenvalue weighted by Crippen LogP contribution is -2.43. The Labute approximate surface area is 181 Å². The van der Waals surface area contributed by atoms with Gasteiger partial charge < -0.3 is 0 Å². The molecule has 6 rings (SSSR count). The van der Waals surface area contributed by atoms with Gasteiger partial charge in [-0.05, 0) is 28.2 Å². The fourth-order valence-corrected chi connectivity index (χ4v) is 5.78.